The molecule has 2 aliphatic rings. The number of ether oxygens (including phenoxy) is 6. The van der Waals surface area contributed by atoms with Gasteiger partial charge in [-0.05, 0) is 12.8 Å². The molecule has 0 spiro atoms. The third-order valence-electron chi connectivity index (χ3n) is 12.1. The van der Waals surface area contributed by atoms with Gasteiger partial charge in [0.05, 0.1) is 19.8 Å². The molecule has 0 saturated carbocycles. The number of carbonyl (C=O) groups excluding carboxylic acids is 2. The summed E-state index contributed by atoms with van der Waals surface area (Å²) in [5.41, 5.74) is 0. The van der Waals surface area contributed by atoms with Crippen LogP contribution in [0.25, 0.3) is 0 Å². The molecule has 0 aromatic heterocycles. The Balaban J connectivity index is 1.82. The molecule has 0 radical (unpaired) electrons. The van der Waals surface area contributed by atoms with E-state index in [1.165, 1.54) is 116 Å². The van der Waals surface area contributed by atoms with Crippen LogP contribution in [0.4, 0.5) is 0 Å². The number of esters is 2. The minimum absolute atomic E-state index is 0.173. The van der Waals surface area contributed by atoms with Crippen LogP contribution in [0, 0.1) is 0 Å². The van der Waals surface area contributed by atoms with Crippen LogP contribution < -0.4 is 0 Å². The van der Waals surface area contributed by atoms with Gasteiger partial charge in [-0.15, -0.1) is 0 Å². The van der Waals surface area contributed by atoms with Crippen molar-refractivity contribution in [2.45, 2.75) is 261 Å². The lowest BCUT2D eigenvalue weighted by Crippen LogP contribution is -2.61. The molecule has 2 aliphatic heterocycles. The summed E-state index contributed by atoms with van der Waals surface area (Å²) in [6.07, 6.45) is 14.2. The number of carbonyl (C=O) groups is 2. The van der Waals surface area contributed by atoms with Crippen LogP contribution in [-0.2, 0) is 38.0 Å². The standard InChI is InChI=1S/C47H88O15/c1-3-5-7-9-11-13-15-16-17-18-20-22-24-26-28-30-39(50)60-35(32-57-38(49)29-27-25-23-21-19-14-12-10-8-6-4-2)33-58-46-45(56)43(54)41(52)37(62-46)34-59-47-44(55)42(53)40(51)36(31-48)61-47/h35-37,40-48,51-56H,3-34H2,1-2H3/t35-,36+,37+,40+,41+,42+,43+,44-,45+,46-,47+/m1/s1. The van der Waals surface area contributed by atoms with E-state index in [0.29, 0.717) is 12.8 Å². The van der Waals surface area contributed by atoms with Gasteiger partial charge in [-0.1, -0.05) is 168 Å². The highest BCUT2D eigenvalue weighted by atomic mass is 16.7. The molecule has 0 amide bonds. The summed E-state index contributed by atoms with van der Waals surface area (Å²) >= 11 is 0. The molecular weight excluding hydrogens is 805 g/mol. The molecule has 0 unspecified atom stereocenters. The van der Waals surface area contributed by atoms with Gasteiger partial charge in [0.25, 0.3) is 0 Å². The number of aliphatic hydroxyl groups excluding tert-OH is 7. The number of hydrogen-bond donors (Lipinski definition) is 7. The molecule has 62 heavy (non-hydrogen) atoms. The average molecular weight is 893 g/mol. The van der Waals surface area contributed by atoms with E-state index in [1.54, 1.807) is 0 Å². The average Bonchev–Trinajstić information content (AvgIpc) is 3.26. The molecule has 2 fully saturated rings. The number of aliphatic hydroxyl groups is 7. The molecule has 11 atom stereocenters. The van der Waals surface area contributed by atoms with Crippen molar-refractivity contribution < 1.29 is 73.8 Å². The molecule has 15 heteroatoms. The Bertz CT molecular complexity index is 1100. The summed E-state index contributed by atoms with van der Waals surface area (Å²) in [6.45, 7) is 2.60. The monoisotopic (exact) mass is 893 g/mol. The smallest absolute Gasteiger partial charge is 0.306 e. The molecule has 0 aliphatic carbocycles. The number of rotatable bonds is 38. The van der Waals surface area contributed by atoms with E-state index in [-0.39, 0.29) is 26.1 Å². The molecule has 15 nitrogen and oxygen atoms in total. The van der Waals surface area contributed by atoms with Crippen LogP contribution in [0.15, 0.2) is 0 Å². The largest absolute Gasteiger partial charge is 0.462 e. The van der Waals surface area contributed by atoms with Gasteiger partial charge < -0.3 is 64.2 Å². The fourth-order valence-corrected chi connectivity index (χ4v) is 7.98. The molecular formula is C47H88O15. The molecule has 2 heterocycles. The van der Waals surface area contributed by atoms with Crippen LogP contribution in [-0.4, -0.2) is 142 Å². The molecule has 0 aromatic rings. The van der Waals surface area contributed by atoms with Crippen LogP contribution >= 0.6 is 0 Å². The topological polar surface area (TPSA) is 231 Å². The fraction of sp³-hybridized carbons (Fsp3) is 0.957. The van der Waals surface area contributed by atoms with Gasteiger partial charge in [0.2, 0.25) is 0 Å². The first-order valence-corrected chi connectivity index (χ1v) is 24.6. The normalized spacial score (nSPS) is 27.0. The Morgan fingerprint density at radius 1 is 0.452 bits per heavy atom. The SMILES string of the molecule is CCCCCCCCCCCCCCCCCC(=O)O[C@H](COC(=O)CCCCCCCCCCCCC)CO[C@@H]1O[C@@H](CO[C@H]2O[C@@H](CO)[C@H](O)[C@H](O)[C@H]2O)[C@H](O)[C@H](O)[C@@H]1O. The third kappa shape index (κ3) is 24.1. The summed E-state index contributed by atoms with van der Waals surface area (Å²) in [5, 5.41) is 71.9. The van der Waals surface area contributed by atoms with Crippen LogP contribution in [0.5, 0.6) is 0 Å². The molecule has 2 saturated heterocycles. The lowest BCUT2D eigenvalue weighted by atomic mass is 9.98. The van der Waals surface area contributed by atoms with E-state index in [2.05, 4.69) is 13.8 Å². The molecule has 2 rings (SSSR count). The maximum Gasteiger partial charge on any atom is 0.306 e. The highest BCUT2D eigenvalue weighted by Crippen LogP contribution is 2.26. The summed E-state index contributed by atoms with van der Waals surface area (Å²) in [5.74, 6) is -0.914. The zero-order valence-electron chi connectivity index (χ0n) is 38.4. The highest BCUT2D eigenvalue weighted by molar-refractivity contribution is 5.70. The van der Waals surface area contributed by atoms with E-state index in [0.717, 1.165) is 38.5 Å². The fourth-order valence-electron chi connectivity index (χ4n) is 7.98. The van der Waals surface area contributed by atoms with E-state index in [9.17, 15) is 45.3 Å². The Labute approximate surface area is 372 Å². The predicted molar refractivity (Wildman–Crippen MR) is 234 cm³/mol. The maximum absolute atomic E-state index is 13.0. The summed E-state index contributed by atoms with van der Waals surface area (Å²) in [7, 11) is 0. The molecule has 366 valence electrons. The quantitative estimate of drug-likeness (QED) is 0.0277. The minimum Gasteiger partial charge on any atom is -0.462 e. The van der Waals surface area contributed by atoms with E-state index < -0.39 is 92.7 Å². The molecule has 0 aromatic carbocycles. The van der Waals surface area contributed by atoms with E-state index in [1.807, 2.05) is 0 Å². The molecule has 7 N–H and O–H groups in total. The van der Waals surface area contributed by atoms with Gasteiger partial charge in [-0.2, -0.15) is 0 Å². The Morgan fingerprint density at radius 2 is 0.823 bits per heavy atom. The third-order valence-corrected chi connectivity index (χ3v) is 12.1. The minimum atomic E-state index is -1.76. The van der Waals surface area contributed by atoms with Crippen LogP contribution in [0.1, 0.15) is 194 Å². The first-order valence-electron chi connectivity index (χ1n) is 24.6. The van der Waals surface area contributed by atoms with E-state index in [4.69, 9.17) is 28.4 Å². The van der Waals surface area contributed by atoms with Gasteiger partial charge in [0.15, 0.2) is 18.7 Å². The van der Waals surface area contributed by atoms with Crippen molar-refractivity contribution in [3.63, 3.8) is 0 Å². The van der Waals surface area contributed by atoms with Gasteiger partial charge >= 0.3 is 11.9 Å². The van der Waals surface area contributed by atoms with Crippen molar-refractivity contribution in [1.82, 2.24) is 0 Å². The van der Waals surface area contributed by atoms with Crippen molar-refractivity contribution >= 4 is 11.9 Å². The first kappa shape index (κ1) is 56.6. The Morgan fingerprint density at radius 3 is 1.26 bits per heavy atom. The lowest BCUT2D eigenvalue weighted by molar-refractivity contribution is -0.332. The van der Waals surface area contributed by atoms with Gasteiger partial charge in [0, 0.05) is 12.8 Å². The second kappa shape index (κ2) is 35.7. The van der Waals surface area contributed by atoms with Crippen molar-refractivity contribution in [1.29, 1.82) is 0 Å². The van der Waals surface area contributed by atoms with Crippen molar-refractivity contribution in [3.8, 4) is 0 Å². The number of hydrogen-bond acceptors (Lipinski definition) is 15. The predicted octanol–water partition coefficient (Wildman–Crippen LogP) is 6.04. The van der Waals surface area contributed by atoms with E-state index >= 15 is 0 Å². The summed E-state index contributed by atoms with van der Waals surface area (Å²) in [6, 6.07) is 0. The first-order chi connectivity index (χ1) is 30.0. The second-order valence-corrected chi connectivity index (χ2v) is 17.7. The van der Waals surface area contributed by atoms with Crippen molar-refractivity contribution in [2.75, 3.05) is 26.4 Å². The summed E-state index contributed by atoms with van der Waals surface area (Å²) < 4.78 is 33.5. The number of unbranched alkanes of at least 4 members (excludes halogenated alkanes) is 24. The Hall–Kier alpha value is -1.50. The molecule has 0 bridgehead atoms. The maximum atomic E-state index is 13.0. The summed E-state index contributed by atoms with van der Waals surface area (Å²) in [4.78, 5) is 25.7. The van der Waals surface area contributed by atoms with Crippen molar-refractivity contribution in [2.24, 2.45) is 0 Å². The van der Waals surface area contributed by atoms with Gasteiger partial charge in [-0.25, -0.2) is 0 Å². The zero-order chi connectivity index (χ0) is 45.4. The van der Waals surface area contributed by atoms with Gasteiger partial charge in [-0.3, -0.25) is 9.59 Å². The van der Waals surface area contributed by atoms with Crippen LogP contribution in [0.2, 0.25) is 0 Å². The lowest BCUT2D eigenvalue weighted by Gasteiger charge is -2.42. The Kier molecular flexibility index (Phi) is 32.6. The second-order valence-electron chi connectivity index (χ2n) is 17.7. The van der Waals surface area contributed by atoms with Crippen LogP contribution in [0.3, 0.4) is 0 Å². The van der Waals surface area contributed by atoms with Gasteiger partial charge in [0.1, 0.15) is 55.4 Å². The zero-order valence-corrected chi connectivity index (χ0v) is 38.4. The van der Waals surface area contributed by atoms with Crippen molar-refractivity contribution in [3.05, 3.63) is 0 Å². The highest BCUT2D eigenvalue weighted by Gasteiger charge is 2.47.